The van der Waals surface area contributed by atoms with Crippen LogP contribution in [0.25, 0.3) is 22.5 Å². The molecule has 1 aromatic heterocycles. The Bertz CT molecular complexity index is 1040. The van der Waals surface area contributed by atoms with E-state index in [9.17, 15) is 4.39 Å². The first-order valence-corrected chi connectivity index (χ1v) is 15.6. The quantitative estimate of drug-likeness (QED) is 0.124. The molecular formula is C35H49FN2O2. The van der Waals surface area contributed by atoms with Gasteiger partial charge in [0.1, 0.15) is 24.3 Å². The van der Waals surface area contributed by atoms with Crippen LogP contribution >= 0.6 is 0 Å². The van der Waals surface area contributed by atoms with E-state index in [1.807, 2.05) is 60.9 Å². The summed E-state index contributed by atoms with van der Waals surface area (Å²) in [5.41, 5.74) is 2.91. The number of benzene rings is 2. The van der Waals surface area contributed by atoms with Crippen LogP contribution in [-0.2, 0) is 0 Å². The summed E-state index contributed by atoms with van der Waals surface area (Å²) in [6.07, 6.45) is 19.3. The van der Waals surface area contributed by atoms with Gasteiger partial charge in [0.05, 0.1) is 6.61 Å². The van der Waals surface area contributed by atoms with Crippen molar-refractivity contribution in [3.63, 3.8) is 0 Å². The van der Waals surface area contributed by atoms with Crippen LogP contribution < -0.4 is 9.47 Å². The van der Waals surface area contributed by atoms with Gasteiger partial charge in [-0.3, -0.25) is 0 Å². The van der Waals surface area contributed by atoms with Crippen molar-refractivity contribution in [1.29, 1.82) is 0 Å². The van der Waals surface area contributed by atoms with Crippen molar-refractivity contribution < 1.29 is 13.9 Å². The molecule has 1 unspecified atom stereocenters. The van der Waals surface area contributed by atoms with E-state index in [0.717, 1.165) is 48.3 Å². The summed E-state index contributed by atoms with van der Waals surface area (Å²) in [6.45, 7) is 5.33. The Hall–Kier alpha value is -2.95. The molecule has 0 aliphatic heterocycles. The molecule has 1 atom stereocenters. The second-order valence-electron chi connectivity index (χ2n) is 10.8. The first kappa shape index (κ1) is 31.6. The fraction of sp³-hybridized carbons (Fsp3) is 0.543. The standard InChI is InChI=1S/C35H49FN2O2/c1-3-5-7-9-11-12-14-16-32(36)28-40-34-23-19-30(20-24-34)35-37-26-31(27-38-35)29-17-21-33(22-18-29)39-25-15-13-10-8-6-4-2/h17-24,26-27,32H,3-16,25,28H2,1-2H3. The predicted molar refractivity (Wildman–Crippen MR) is 165 cm³/mol. The van der Waals surface area contributed by atoms with Crippen LogP contribution in [0, 0.1) is 0 Å². The molecule has 0 fully saturated rings. The maximum atomic E-state index is 14.2. The molecule has 0 spiro atoms. The van der Waals surface area contributed by atoms with Crippen molar-refractivity contribution in [3.8, 4) is 34.0 Å². The van der Waals surface area contributed by atoms with Gasteiger partial charge in [0.25, 0.3) is 0 Å². The Morgan fingerprint density at radius 1 is 0.575 bits per heavy atom. The molecule has 218 valence electrons. The predicted octanol–water partition coefficient (Wildman–Crippen LogP) is 10.4. The van der Waals surface area contributed by atoms with E-state index in [2.05, 4.69) is 23.8 Å². The molecule has 0 radical (unpaired) electrons. The van der Waals surface area contributed by atoms with E-state index >= 15 is 0 Å². The first-order valence-electron chi connectivity index (χ1n) is 15.6. The van der Waals surface area contributed by atoms with Gasteiger partial charge in [0.15, 0.2) is 5.82 Å². The monoisotopic (exact) mass is 548 g/mol. The van der Waals surface area contributed by atoms with Crippen LogP contribution in [0.1, 0.15) is 104 Å². The molecule has 4 nitrogen and oxygen atoms in total. The van der Waals surface area contributed by atoms with Crippen molar-refractivity contribution in [2.45, 2.75) is 110 Å². The van der Waals surface area contributed by atoms with Gasteiger partial charge < -0.3 is 9.47 Å². The van der Waals surface area contributed by atoms with E-state index in [4.69, 9.17) is 9.47 Å². The van der Waals surface area contributed by atoms with E-state index < -0.39 is 6.17 Å². The van der Waals surface area contributed by atoms with Crippen LogP contribution in [0.2, 0.25) is 0 Å². The molecule has 2 aromatic carbocycles. The number of nitrogens with zero attached hydrogens (tertiary/aromatic N) is 2. The van der Waals surface area contributed by atoms with Gasteiger partial charge in [-0.15, -0.1) is 0 Å². The van der Waals surface area contributed by atoms with Gasteiger partial charge in [0, 0.05) is 23.5 Å². The van der Waals surface area contributed by atoms with Crippen molar-refractivity contribution in [2.24, 2.45) is 0 Å². The minimum atomic E-state index is -0.924. The zero-order chi connectivity index (χ0) is 28.3. The van der Waals surface area contributed by atoms with Crippen LogP contribution in [-0.4, -0.2) is 29.4 Å². The lowest BCUT2D eigenvalue weighted by molar-refractivity contribution is 0.184. The molecule has 5 heteroatoms. The van der Waals surface area contributed by atoms with Crippen LogP contribution in [0.15, 0.2) is 60.9 Å². The Balaban J connectivity index is 1.38. The van der Waals surface area contributed by atoms with Gasteiger partial charge >= 0.3 is 0 Å². The molecular weight excluding hydrogens is 499 g/mol. The van der Waals surface area contributed by atoms with Gasteiger partial charge in [-0.1, -0.05) is 103 Å². The Morgan fingerprint density at radius 3 is 1.68 bits per heavy atom. The Morgan fingerprint density at radius 2 is 1.07 bits per heavy atom. The minimum Gasteiger partial charge on any atom is -0.494 e. The second kappa shape index (κ2) is 19.2. The first-order chi connectivity index (χ1) is 19.7. The maximum absolute atomic E-state index is 14.2. The van der Waals surface area contributed by atoms with Crippen LogP contribution in [0.5, 0.6) is 11.5 Å². The summed E-state index contributed by atoms with van der Waals surface area (Å²) in [5, 5.41) is 0. The molecule has 0 saturated carbocycles. The highest BCUT2D eigenvalue weighted by Gasteiger charge is 2.09. The summed E-state index contributed by atoms with van der Waals surface area (Å²) in [4.78, 5) is 9.13. The lowest BCUT2D eigenvalue weighted by atomic mass is 10.1. The molecule has 0 aliphatic carbocycles. The molecule has 0 aliphatic rings. The lowest BCUT2D eigenvalue weighted by Gasteiger charge is -2.11. The summed E-state index contributed by atoms with van der Waals surface area (Å²) in [7, 11) is 0. The third-order valence-corrected chi connectivity index (χ3v) is 7.27. The van der Waals surface area contributed by atoms with Crippen molar-refractivity contribution in [1.82, 2.24) is 9.97 Å². The zero-order valence-corrected chi connectivity index (χ0v) is 24.8. The van der Waals surface area contributed by atoms with Crippen molar-refractivity contribution >= 4 is 0 Å². The highest BCUT2D eigenvalue weighted by atomic mass is 19.1. The van der Waals surface area contributed by atoms with Gasteiger partial charge in [-0.25, -0.2) is 14.4 Å². The second-order valence-corrected chi connectivity index (χ2v) is 10.8. The maximum Gasteiger partial charge on any atom is 0.159 e. The number of rotatable bonds is 21. The van der Waals surface area contributed by atoms with Crippen molar-refractivity contribution in [2.75, 3.05) is 13.2 Å². The number of aromatic nitrogens is 2. The van der Waals surface area contributed by atoms with Crippen molar-refractivity contribution in [3.05, 3.63) is 60.9 Å². The fourth-order valence-corrected chi connectivity index (χ4v) is 4.74. The topological polar surface area (TPSA) is 44.2 Å². The van der Waals surface area contributed by atoms with E-state index in [0.29, 0.717) is 18.0 Å². The summed E-state index contributed by atoms with van der Waals surface area (Å²) in [6, 6.07) is 15.7. The Labute approximate surface area is 241 Å². The largest absolute Gasteiger partial charge is 0.494 e. The number of unbranched alkanes of at least 4 members (excludes halogenated alkanes) is 11. The van der Waals surface area contributed by atoms with Crippen LogP contribution in [0.3, 0.4) is 0 Å². The number of alkyl halides is 1. The summed E-state index contributed by atoms with van der Waals surface area (Å²) >= 11 is 0. The summed E-state index contributed by atoms with van der Waals surface area (Å²) in [5.74, 6) is 2.21. The van der Waals surface area contributed by atoms with Gasteiger partial charge in [-0.2, -0.15) is 0 Å². The SMILES string of the molecule is CCCCCCCCCC(F)COc1ccc(-c2ncc(-c3ccc(OCCCCCCCC)cc3)cn2)cc1. The average molecular weight is 549 g/mol. The molecule has 0 bridgehead atoms. The zero-order valence-electron chi connectivity index (χ0n) is 24.8. The molecule has 40 heavy (non-hydrogen) atoms. The minimum absolute atomic E-state index is 0.100. The van der Waals surface area contributed by atoms with E-state index in [1.54, 1.807) is 0 Å². The third kappa shape index (κ3) is 12.1. The normalized spacial score (nSPS) is 11.9. The van der Waals surface area contributed by atoms with E-state index in [-0.39, 0.29) is 6.61 Å². The average Bonchev–Trinajstić information content (AvgIpc) is 3.00. The molecule has 3 aromatic rings. The number of ether oxygens (including phenoxy) is 2. The summed E-state index contributed by atoms with van der Waals surface area (Å²) < 4.78 is 25.8. The van der Waals surface area contributed by atoms with Crippen LogP contribution in [0.4, 0.5) is 4.39 Å². The smallest absolute Gasteiger partial charge is 0.159 e. The highest BCUT2D eigenvalue weighted by Crippen LogP contribution is 2.24. The lowest BCUT2D eigenvalue weighted by Crippen LogP contribution is -2.12. The number of hydrogen-bond acceptors (Lipinski definition) is 4. The van der Waals surface area contributed by atoms with E-state index in [1.165, 1.54) is 64.2 Å². The third-order valence-electron chi connectivity index (χ3n) is 7.27. The van der Waals surface area contributed by atoms with Gasteiger partial charge in [-0.05, 0) is 54.8 Å². The number of halogens is 1. The molecule has 0 amide bonds. The fourth-order valence-electron chi connectivity index (χ4n) is 4.74. The van der Waals surface area contributed by atoms with Gasteiger partial charge in [0.2, 0.25) is 0 Å². The number of hydrogen-bond donors (Lipinski definition) is 0. The molecule has 0 N–H and O–H groups in total. The molecule has 3 rings (SSSR count). The molecule has 0 saturated heterocycles. The molecule has 1 heterocycles. The highest BCUT2D eigenvalue weighted by molar-refractivity contribution is 5.64. The Kier molecular flexibility index (Phi) is 15.1.